The molecule has 1 aliphatic rings. The maximum Gasteiger partial charge on any atom is 0.240 e. The molecular formula is C15H13BrN2O3. The minimum atomic E-state index is -0.818. The summed E-state index contributed by atoms with van der Waals surface area (Å²) in [4.78, 5) is 26.1. The fraction of sp³-hybridized carbons (Fsp3) is 0.267. The first-order chi connectivity index (χ1) is 10.0. The third-order valence-electron chi connectivity index (χ3n) is 3.82. The Hall–Kier alpha value is -1.95. The molecule has 1 atom stereocenters. The van der Waals surface area contributed by atoms with Gasteiger partial charge in [0.05, 0.1) is 12.0 Å². The molecule has 2 aromatic rings. The van der Waals surface area contributed by atoms with Crippen LogP contribution in [-0.2, 0) is 21.5 Å². The maximum absolute atomic E-state index is 12.7. The number of aromatic nitrogens is 1. The van der Waals surface area contributed by atoms with E-state index < -0.39 is 5.41 Å². The minimum Gasteiger partial charge on any atom is -0.364 e. The van der Waals surface area contributed by atoms with Gasteiger partial charge in [0.15, 0.2) is 0 Å². The molecule has 108 valence electrons. The largest absolute Gasteiger partial charge is 0.364 e. The van der Waals surface area contributed by atoms with Gasteiger partial charge >= 0.3 is 0 Å². The maximum atomic E-state index is 12.7. The highest BCUT2D eigenvalue weighted by atomic mass is 79.9. The van der Waals surface area contributed by atoms with Gasteiger partial charge in [-0.1, -0.05) is 33.2 Å². The molecule has 1 aromatic heterocycles. The van der Waals surface area contributed by atoms with Crippen LogP contribution in [0.2, 0.25) is 0 Å². The van der Waals surface area contributed by atoms with Gasteiger partial charge in [-0.05, 0) is 24.6 Å². The molecule has 5 nitrogen and oxygen atoms in total. The van der Waals surface area contributed by atoms with Gasteiger partial charge in [0.2, 0.25) is 11.8 Å². The van der Waals surface area contributed by atoms with Crippen molar-refractivity contribution in [1.29, 1.82) is 0 Å². The first-order valence-corrected chi connectivity index (χ1v) is 7.30. The zero-order valence-electron chi connectivity index (χ0n) is 11.4. The van der Waals surface area contributed by atoms with Gasteiger partial charge in [-0.2, -0.15) is 0 Å². The van der Waals surface area contributed by atoms with Crippen molar-refractivity contribution in [3.63, 3.8) is 0 Å². The highest BCUT2D eigenvalue weighted by molar-refractivity contribution is 9.10. The molecule has 21 heavy (non-hydrogen) atoms. The molecule has 0 unspecified atom stereocenters. The summed E-state index contributed by atoms with van der Waals surface area (Å²) in [5.41, 5.74) is 0.588. The molecule has 0 saturated carbocycles. The number of carbonyl (C=O) groups is 2. The Balaban J connectivity index is 1.90. The van der Waals surface area contributed by atoms with Crippen molar-refractivity contribution in [3.05, 3.63) is 52.3 Å². The quantitative estimate of drug-likeness (QED) is 0.800. The molecule has 0 spiro atoms. The van der Waals surface area contributed by atoms with Crippen LogP contribution in [0.15, 0.2) is 45.6 Å². The number of likely N-dealkylation sites (tertiary alicyclic amines) is 1. The molecule has 2 amide bonds. The molecule has 1 saturated heterocycles. The zero-order chi connectivity index (χ0) is 15.0. The summed E-state index contributed by atoms with van der Waals surface area (Å²) < 4.78 is 5.68. The SMILES string of the molecule is C[C@]1(c2ccc(Br)cc2)CC(=O)N(Cc2ccon2)C1=O. The van der Waals surface area contributed by atoms with Crippen LogP contribution in [0.3, 0.4) is 0 Å². The number of hydrogen-bond acceptors (Lipinski definition) is 4. The van der Waals surface area contributed by atoms with Crippen molar-refractivity contribution in [3.8, 4) is 0 Å². The van der Waals surface area contributed by atoms with E-state index >= 15 is 0 Å². The van der Waals surface area contributed by atoms with Crippen LogP contribution in [0.5, 0.6) is 0 Å². The number of imide groups is 1. The number of benzene rings is 1. The molecule has 0 N–H and O–H groups in total. The first kappa shape index (κ1) is 14.0. The summed E-state index contributed by atoms with van der Waals surface area (Å²) in [5.74, 6) is -0.383. The molecule has 0 aliphatic carbocycles. The lowest BCUT2D eigenvalue weighted by atomic mass is 9.81. The van der Waals surface area contributed by atoms with Crippen LogP contribution < -0.4 is 0 Å². The van der Waals surface area contributed by atoms with Crippen LogP contribution in [0.4, 0.5) is 0 Å². The second-order valence-corrected chi connectivity index (χ2v) is 6.21. The Morgan fingerprint density at radius 1 is 1.29 bits per heavy atom. The summed E-state index contributed by atoms with van der Waals surface area (Å²) >= 11 is 3.37. The van der Waals surface area contributed by atoms with Crippen molar-refractivity contribution in [1.82, 2.24) is 10.1 Å². The summed E-state index contributed by atoms with van der Waals surface area (Å²) in [5, 5.41) is 3.75. The summed E-state index contributed by atoms with van der Waals surface area (Å²) in [6.07, 6.45) is 1.60. The highest BCUT2D eigenvalue weighted by Crippen LogP contribution is 2.37. The van der Waals surface area contributed by atoms with E-state index in [0.717, 1.165) is 10.0 Å². The van der Waals surface area contributed by atoms with Crippen molar-refractivity contribution >= 4 is 27.7 Å². The Morgan fingerprint density at radius 2 is 2.00 bits per heavy atom. The van der Waals surface area contributed by atoms with Crippen molar-refractivity contribution in [2.45, 2.75) is 25.3 Å². The van der Waals surface area contributed by atoms with Crippen molar-refractivity contribution in [2.24, 2.45) is 0 Å². The van der Waals surface area contributed by atoms with E-state index in [1.807, 2.05) is 24.3 Å². The van der Waals surface area contributed by atoms with Gasteiger partial charge in [-0.3, -0.25) is 14.5 Å². The number of nitrogens with zero attached hydrogens (tertiary/aromatic N) is 2. The lowest BCUT2D eigenvalue weighted by molar-refractivity contribution is -0.140. The van der Waals surface area contributed by atoms with Gasteiger partial charge in [0, 0.05) is 17.0 Å². The number of hydrogen-bond donors (Lipinski definition) is 0. The molecule has 1 fully saturated rings. The van der Waals surface area contributed by atoms with Crippen molar-refractivity contribution in [2.75, 3.05) is 0 Å². The van der Waals surface area contributed by atoms with Crippen LogP contribution in [0, 0.1) is 0 Å². The molecule has 6 heteroatoms. The van der Waals surface area contributed by atoms with Gasteiger partial charge in [-0.25, -0.2) is 0 Å². The monoisotopic (exact) mass is 348 g/mol. The number of carbonyl (C=O) groups excluding carboxylic acids is 2. The van der Waals surface area contributed by atoms with Gasteiger partial charge in [0.25, 0.3) is 0 Å². The van der Waals surface area contributed by atoms with Gasteiger partial charge < -0.3 is 4.52 Å². The standard InChI is InChI=1S/C15H13BrN2O3/c1-15(10-2-4-11(16)5-3-10)8-13(19)18(14(15)20)9-12-6-7-21-17-12/h2-7H,8-9H2,1H3/t15-/m1/s1. The third-order valence-corrected chi connectivity index (χ3v) is 4.34. The molecular weight excluding hydrogens is 336 g/mol. The smallest absolute Gasteiger partial charge is 0.240 e. The zero-order valence-corrected chi connectivity index (χ0v) is 13.0. The second-order valence-electron chi connectivity index (χ2n) is 5.29. The Morgan fingerprint density at radius 3 is 2.62 bits per heavy atom. The molecule has 3 rings (SSSR count). The van der Waals surface area contributed by atoms with Crippen LogP contribution >= 0.6 is 15.9 Å². The predicted octanol–water partition coefficient (Wildman–Crippen LogP) is 2.65. The summed E-state index contributed by atoms with van der Waals surface area (Å²) in [6, 6.07) is 9.14. The number of rotatable bonds is 3. The van der Waals surface area contributed by atoms with E-state index in [-0.39, 0.29) is 24.8 Å². The average molecular weight is 349 g/mol. The molecule has 0 bridgehead atoms. The van der Waals surface area contributed by atoms with E-state index in [2.05, 4.69) is 21.1 Å². The molecule has 1 aliphatic heterocycles. The first-order valence-electron chi connectivity index (χ1n) is 6.51. The average Bonchev–Trinajstić information content (AvgIpc) is 3.03. The number of amides is 2. The summed E-state index contributed by atoms with van der Waals surface area (Å²) in [7, 11) is 0. The topological polar surface area (TPSA) is 63.4 Å². The fourth-order valence-corrected chi connectivity index (χ4v) is 2.83. The molecule has 1 aromatic carbocycles. The molecule has 2 heterocycles. The van der Waals surface area contributed by atoms with E-state index in [1.54, 1.807) is 13.0 Å². The normalized spacial score (nSPS) is 22.1. The lowest BCUT2D eigenvalue weighted by Crippen LogP contribution is -2.36. The van der Waals surface area contributed by atoms with E-state index in [0.29, 0.717) is 5.69 Å². The van der Waals surface area contributed by atoms with E-state index in [9.17, 15) is 9.59 Å². The Labute approximate surface area is 130 Å². The summed E-state index contributed by atoms with van der Waals surface area (Å²) in [6.45, 7) is 1.96. The third kappa shape index (κ3) is 2.40. The van der Waals surface area contributed by atoms with Gasteiger partial charge in [-0.15, -0.1) is 0 Å². The Kier molecular flexibility index (Phi) is 3.41. The highest BCUT2D eigenvalue weighted by Gasteiger charge is 2.49. The number of halogens is 1. The van der Waals surface area contributed by atoms with Crippen molar-refractivity contribution < 1.29 is 14.1 Å². The Bertz CT molecular complexity index is 681. The van der Waals surface area contributed by atoms with E-state index in [1.165, 1.54) is 11.2 Å². The minimum absolute atomic E-state index is 0.153. The van der Waals surface area contributed by atoms with Crippen LogP contribution in [0.25, 0.3) is 0 Å². The molecule has 0 radical (unpaired) electrons. The van der Waals surface area contributed by atoms with E-state index in [4.69, 9.17) is 4.52 Å². The predicted molar refractivity (Wildman–Crippen MR) is 78.2 cm³/mol. The van der Waals surface area contributed by atoms with Crippen LogP contribution in [-0.4, -0.2) is 21.9 Å². The lowest BCUT2D eigenvalue weighted by Gasteiger charge is -2.22. The van der Waals surface area contributed by atoms with Crippen LogP contribution in [0.1, 0.15) is 24.6 Å². The second kappa shape index (κ2) is 5.11. The fourth-order valence-electron chi connectivity index (χ4n) is 2.57. The van der Waals surface area contributed by atoms with Gasteiger partial charge in [0.1, 0.15) is 12.0 Å².